The standard InChI is InChI=1S/C17H28N4O2/c1-3-9-19-16(22)15-8-5-7-14(12-15)13-21-17(18)20-10-6-11-23-4-2/h5,7-8,12H,3-4,6,9-11,13H2,1-2H3,(H,19,22)(H3,18,20,21). The van der Waals surface area contributed by atoms with Crippen LogP contribution in [-0.2, 0) is 11.3 Å². The minimum Gasteiger partial charge on any atom is -0.382 e. The number of carbonyl (C=O) groups excluding carboxylic acids is 1. The fraction of sp³-hybridized carbons (Fsp3) is 0.529. The van der Waals surface area contributed by atoms with E-state index in [4.69, 9.17) is 10.5 Å². The highest BCUT2D eigenvalue weighted by Crippen LogP contribution is 2.06. The lowest BCUT2D eigenvalue weighted by atomic mass is 10.1. The van der Waals surface area contributed by atoms with Crippen molar-refractivity contribution in [2.45, 2.75) is 33.2 Å². The zero-order valence-corrected chi connectivity index (χ0v) is 14.1. The highest BCUT2D eigenvalue weighted by atomic mass is 16.5. The summed E-state index contributed by atoms with van der Waals surface area (Å²) in [6.07, 6.45) is 1.80. The van der Waals surface area contributed by atoms with Gasteiger partial charge in [-0.25, -0.2) is 4.99 Å². The van der Waals surface area contributed by atoms with Gasteiger partial charge in [0.25, 0.3) is 5.91 Å². The summed E-state index contributed by atoms with van der Waals surface area (Å²) in [5.74, 6) is 0.349. The summed E-state index contributed by atoms with van der Waals surface area (Å²) in [5.41, 5.74) is 7.42. The number of hydrogen-bond donors (Lipinski definition) is 3. The molecule has 6 nitrogen and oxygen atoms in total. The number of nitrogens with two attached hydrogens (primary N) is 1. The third-order valence-corrected chi connectivity index (χ3v) is 3.13. The first-order chi connectivity index (χ1) is 11.2. The van der Waals surface area contributed by atoms with E-state index < -0.39 is 0 Å². The first-order valence-corrected chi connectivity index (χ1v) is 8.16. The Balaban J connectivity index is 2.44. The van der Waals surface area contributed by atoms with E-state index in [0.29, 0.717) is 31.2 Å². The van der Waals surface area contributed by atoms with Crippen molar-refractivity contribution >= 4 is 11.9 Å². The monoisotopic (exact) mass is 320 g/mol. The predicted molar refractivity (Wildman–Crippen MR) is 93.5 cm³/mol. The van der Waals surface area contributed by atoms with E-state index >= 15 is 0 Å². The molecule has 0 radical (unpaired) electrons. The third-order valence-electron chi connectivity index (χ3n) is 3.13. The van der Waals surface area contributed by atoms with Crippen molar-refractivity contribution < 1.29 is 9.53 Å². The zero-order chi connectivity index (χ0) is 16.9. The van der Waals surface area contributed by atoms with Gasteiger partial charge in [0.2, 0.25) is 0 Å². The molecule has 0 saturated heterocycles. The van der Waals surface area contributed by atoms with Crippen LogP contribution in [0.1, 0.15) is 42.6 Å². The van der Waals surface area contributed by atoms with Gasteiger partial charge in [0.15, 0.2) is 5.96 Å². The number of aliphatic imine (C=N–C) groups is 1. The number of guanidine groups is 1. The number of nitrogens with zero attached hydrogens (tertiary/aromatic N) is 1. The SMILES string of the molecule is CCCNC(=O)c1cccc(CN=C(N)NCCCOCC)c1. The van der Waals surface area contributed by atoms with Gasteiger partial charge >= 0.3 is 0 Å². The van der Waals surface area contributed by atoms with Crippen molar-refractivity contribution in [3.05, 3.63) is 35.4 Å². The Hall–Kier alpha value is -2.08. The third kappa shape index (κ3) is 8.21. The Morgan fingerprint density at radius 3 is 2.83 bits per heavy atom. The number of nitrogens with one attached hydrogen (secondary N) is 2. The summed E-state index contributed by atoms with van der Waals surface area (Å²) < 4.78 is 5.25. The Kier molecular flexibility index (Phi) is 9.47. The van der Waals surface area contributed by atoms with Gasteiger partial charge in [-0.2, -0.15) is 0 Å². The van der Waals surface area contributed by atoms with Crippen LogP contribution in [0.3, 0.4) is 0 Å². The molecule has 0 unspecified atom stereocenters. The lowest BCUT2D eigenvalue weighted by Gasteiger charge is -2.07. The average Bonchev–Trinajstić information content (AvgIpc) is 2.58. The number of rotatable bonds is 10. The Bertz CT molecular complexity index is 503. The molecule has 0 atom stereocenters. The maximum Gasteiger partial charge on any atom is 0.251 e. The van der Waals surface area contributed by atoms with Crippen LogP contribution in [0.25, 0.3) is 0 Å². The van der Waals surface area contributed by atoms with Crippen molar-refractivity contribution in [2.75, 3.05) is 26.3 Å². The minimum absolute atomic E-state index is 0.0558. The van der Waals surface area contributed by atoms with Crippen molar-refractivity contribution in [2.24, 2.45) is 10.7 Å². The second kappa shape index (κ2) is 11.5. The molecule has 0 bridgehead atoms. The van der Waals surface area contributed by atoms with Crippen LogP contribution >= 0.6 is 0 Å². The number of ether oxygens (including phenoxy) is 1. The topological polar surface area (TPSA) is 88.7 Å². The van der Waals surface area contributed by atoms with Gasteiger partial charge in [-0.15, -0.1) is 0 Å². The van der Waals surface area contributed by atoms with Crippen LogP contribution in [-0.4, -0.2) is 38.2 Å². The van der Waals surface area contributed by atoms with Crippen LogP contribution in [0, 0.1) is 0 Å². The van der Waals surface area contributed by atoms with Crippen molar-refractivity contribution in [3.8, 4) is 0 Å². The number of carbonyl (C=O) groups is 1. The zero-order valence-electron chi connectivity index (χ0n) is 14.1. The molecule has 4 N–H and O–H groups in total. The van der Waals surface area contributed by atoms with E-state index in [9.17, 15) is 4.79 Å². The normalized spacial score (nSPS) is 11.3. The Morgan fingerprint density at radius 2 is 2.09 bits per heavy atom. The predicted octanol–water partition coefficient (Wildman–Crippen LogP) is 1.66. The molecule has 0 saturated carbocycles. The van der Waals surface area contributed by atoms with Crippen molar-refractivity contribution in [1.29, 1.82) is 0 Å². The van der Waals surface area contributed by atoms with Crippen LogP contribution in [0.2, 0.25) is 0 Å². The molecule has 23 heavy (non-hydrogen) atoms. The molecule has 0 aromatic heterocycles. The molecule has 0 heterocycles. The summed E-state index contributed by atoms with van der Waals surface area (Å²) in [7, 11) is 0. The van der Waals surface area contributed by atoms with E-state index in [1.165, 1.54) is 0 Å². The lowest BCUT2D eigenvalue weighted by molar-refractivity contribution is 0.0953. The lowest BCUT2D eigenvalue weighted by Crippen LogP contribution is -2.32. The molecule has 6 heteroatoms. The Labute approximate surface area is 138 Å². The maximum absolute atomic E-state index is 11.9. The quantitative estimate of drug-likeness (QED) is 0.347. The first-order valence-electron chi connectivity index (χ1n) is 8.16. The minimum atomic E-state index is -0.0558. The molecule has 0 aliphatic heterocycles. The molecule has 1 aromatic carbocycles. The second-order valence-corrected chi connectivity index (χ2v) is 5.14. The van der Waals surface area contributed by atoms with Gasteiger partial charge in [-0.3, -0.25) is 4.79 Å². The molecule has 0 aliphatic carbocycles. The molecule has 1 aromatic rings. The van der Waals surface area contributed by atoms with Crippen molar-refractivity contribution in [1.82, 2.24) is 10.6 Å². The maximum atomic E-state index is 11.9. The molecule has 1 amide bonds. The van der Waals surface area contributed by atoms with E-state index in [0.717, 1.165) is 31.6 Å². The van der Waals surface area contributed by atoms with E-state index in [2.05, 4.69) is 15.6 Å². The molecule has 1 rings (SSSR count). The highest BCUT2D eigenvalue weighted by molar-refractivity contribution is 5.94. The van der Waals surface area contributed by atoms with Gasteiger partial charge in [0, 0.05) is 31.9 Å². The van der Waals surface area contributed by atoms with Crippen LogP contribution < -0.4 is 16.4 Å². The molecule has 0 aliphatic rings. The van der Waals surface area contributed by atoms with Crippen LogP contribution in [0.4, 0.5) is 0 Å². The molecule has 0 fully saturated rings. The fourth-order valence-corrected chi connectivity index (χ4v) is 1.92. The van der Waals surface area contributed by atoms with E-state index in [1.807, 2.05) is 32.0 Å². The molecular weight excluding hydrogens is 292 g/mol. The van der Waals surface area contributed by atoms with Gasteiger partial charge in [0.05, 0.1) is 6.54 Å². The Morgan fingerprint density at radius 1 is 1.26 bits per heavy atom. The molecule has 0 spiro atoms. The van der Waals surface area contributed by atoms with Gasteiger partial charge in [-0.05, 0) is 37.5 Å². The number of amides is 1. The van der Waals surface area contributed by atoms with Crippen molar-refractivity contribution in [3.63, 3.8) is 0 Å². The van der Waals surface area contributed by atoms with Gasteiger partial charge in [0.1, 0.15) is 0 Å². The number of hydrogen-bond acceptors (Lipinski definition) is 3. The number of benzene rings is 1. The van der Waals surface area contributed by atoms with Crippen LogP contribution in [0.15, 0.2) is 29.3 Å². The second-order valence-electron chi connectivity index (χ2n) is 5.14. The first kappa shape index (κ1) is 19.0. The summed E-state index contributed by atoms with van der Waals surface area (Å²) in [5, 5.41) is 5.91. The van der Waals surface area contributed by atoms with Crippen LogP contribution in [0.5, 0.6) is 0 Å². The summed E-state index contributed by atoms with van der Waals surface area (Å²) in [4.78, 5) is 16.2. The summed E-state index contributed by atoms with van der Waals surface area (Å²) >= 11 is 0. The fourth-order valence-electron chi connectivity index (χ4n) is 1.92. The summed E-state index contributed by atoms with van der Waals surface area (Å²) in [6, 6.07) is 7.43. The van der Waals surface area contributed by atoms with E-state index in [1.54, 1.807) is 6.07 Å². The van der Waals surface area contributed by atoms with E-state index in [-0.39, 0.29) is 5.91 Å². The summed E-state index contributed by atoms with van der Waals surface area (Å²) in [6.45, 7) is 7.29. The van der Waals surface area contributed by atoms with Gasteiger partial charge < -0.3 is 21.1 Å². The molecular formula is C17H28N4O2. The largest absolute Gasteiger partial charge is 0.382 e. The molecule has 128 valence electrons. The smallest absolute Gasteiger partial charge is 0.251 e. The average molecular weight is 320 g/mol. The highest BCUT2D eigenvalue weighted by Gasteiger charge is 2.04. The van der Waals surface area contributed by atoms with Gasteiger partial charge in [-0.1, -0.05) is 19.1 Å².